The number of aryl methyl sites for hydroxylation is 1. The third kappa shape index (κ3) is 4.24. The molecule has 1 aromatic carbocycles. The fourth-order valence-corrected chi connectivity index (χ4v) is 4.32. The van der Waals surface area contributed by atoms with E-state index in [0.717, 1.165) is 29.4 Å². The van der Waals surface area contributed by atoms with Crippen LogP contribution in [0.4, 0.5) is 6.01 Å². The van der Waals surface area contributed by atoms with Crippen molar-refractivity contribution in [3.63, 3.8) is 0 Å². The number of amides is 1. The fraction of sp³-hybridized carbons (Fsp3) is 0.421. The maximum atomic E-state index is 12.3. The molecule has 4 rings (SSSR count). The van der Waals surface area contributed by atoms with Crippen molar-refractivity contribution in [2.45, 2.75) is 50.2 Å². The highest BCUT2D eigenvalue weighted by Crippen LogP contribution is 2.32. The summed E-state index contributed by atoms with van der Waals surface area (Å²) in [6.45, 7) is 1.97. The van der Waals surface area contributed by atoms with Gasteiger partial charge in [-0.3, -0.25) is 10.1 Å². The first-order valence-corrected chi connectivity index (χ1v) is 10.4. The molecule has 0 spiro atoms. The maximum Gasteiger partial charge on any atom is 0.322 e. The second-order valence-electron chi connectivity index (χ2n) is 6.81. The summed E-state index contributed by atoms with van der Waals surface area (Å²) < 4.78 is 7.70. The first-order chi connectivity index (χ1) is 13.7. The van der Waals surface area contributed by atoms with Gasteiger partial charge in [-0.1, -0.05) is 54.3 Å². The van der Waals surface area contributed by atoms with Gasteiger partial charge < -0.3 is 8.98 Å². The van der Waals surface area contributed by atoms with Crippen molar-refractivity contribution in [1.29, 1.82) is 0 Å². The largest absolute Gasteiger partial charge is 0.403 e. The van der Waals surface area contributed by atoms with E-state index in [0.29, 0.717) is 11.9 Å². The lowest BCUT2D eigenvalue weighted by molar-refractivity contribution is -0.113. The minimum Gasteiger partial charge on any atom is -0.403 e. The van der Waals surface area contributed by atoms with Gasteiger partial charge in [-0.05, 0) is 31.9 Å². The molecule has 2 heterocycles. The molecule has 0 unspecified atom stereocenters. The molecule has 0 bridgehead atoms. The summed E-state index contributed by atoms with van der Waals surface area (Å²) in [5.74, 6) is 1.26. The van der Waals surface area contributed by atoms with E-state index in [4.69, 9.17) is 4.42 Å². The number of nitrogens with one attached hydrogen (secondary N) is 1. The van der Waals surface area contributed by atoms with Crippen molar-refractivity contribution in [3.05, 3.63) is 36.2 Å². The lowest BCUT2D eigenvalue weighted by Crippen LogP contribution is -2.17. The van der Waals surface area contributed by atoms with Crippen LogP contribution in [-0.4, -0.2) is 36.6 Å². The number of rotatable bonds is 6. The van der Waals surface area contributed by atoms with Gasteiger partial charge in [-0.15, -0.1) is 15.3 Å². The van der Waals surface area contributed by atoms with E-state index >= 15 is 0 Å². The Labute approximate surface area is 167 Å². The Morgan fingerprint density at radius 2 is 1.93 bits per heavy atom. The van der Waals surface area contributed by atoms with Gasteiger partial charge in [0.1, 0.15) is 5.82 Å². The smallest absolute Gasteiger partial charge is 0.322 e. The maximum absolute atomic E-state index is 12.3. The molecule has 1 fully saturated rings. The highest BCUT2D eigenvalue weighted by Gasteiger charge is 2.22. The molecule has 0 aliphatic heterocycles. The topological polar surface area (TPSA) is 98.7 Å². The van der Waals surface area contributed by atoms with E-state index in [2.05, 4.69) is 30.3 Å². The standard InChI is InChI=1S/C19H22N6O2S/c1-13-21-24-19(25(13)15-10-6-3-7-11-15)28-12-16(26)20-18-23-22-17(27-18)14-8-4-2-5-9-14/h2,4-5,8-9,15H,3,6-7,10-12H2,1H3,(H,20,23,26). The van der Waals surface area contributed by atoms with Crippen LogP contribution in [0.3, 0.4) is 0 Å². The second-order valence-corrected chi connectivity index (χ2v) is 7.75. The molecule has 1 saturated carbocycles. The van der Waals surface area contributed by atoms with Gasteiger partial charge in [0, 0.05) is 11.6 Å². The highest BCUT2D eigenvalue weighted by atomic mass is 32.2. The van der Waals surface area contributed by atoms with Crippen LogP contribution in [0.25, 0.3) is 11.5 Å². The molecule has 0 radical (unpaired) electrons. The van der Waals surface area contributed by atoms with E-state index in [-0.39, 0.29) is 17.7 Å². The van der Waals surface area contributed by atoms with Crippen molar-refractivity contribution in [3.8, 4) is 11.5 Å². The van der Waals surface area contributed by atoms with Gasteiger partial charge in [-0.25, -0.2) is 0 Å². The first kappa shape index (κ1) is 18.7. The number of anilines is 1. The number of aromatic nitrogens is 5. The van der Waals surface area contributed by atoms with Crippen LogP contribution in [0.5, 0.6) is 0 Å². The number of benzene rings is 1. The Morgan fingerprint density at radius 3 is 2.71 bits per heavy atom. The zero-order valence-electron chi connectivity index (χ0n) is 15.7. The van der Waals surface area contributed by atoms with E-state index in [1.807, 2.05) is 37.3 Å². The van der Waals surface area contributed by atoms with Crippen LogP contribution in [0, 0.1) is 6.92 Å². The van der Waals surface area contributed by atoms with Gasteiger partial charge in [0.25, 0.3) is 0 Å². The molecule has 8 nitrogen and oxygen atoms in total. The number of thioether (sulfide) groups is 1. The van der Waals surface area contributed by atoms with Crippen molar-refractivity contribution in [1.82, 2.24) is 25.0 Å². The van der Waals surface area contributed by atoms with Gasteiger partial charge in [0.05, 0.1) is 5.75 Å². The summed E-state index contributed by atoms with van der Waals surface area (Å²) in [5, 5.41) is 19.8. The van der Waals surface area contributed by atoms with Gasteiger partial charge in [0.2, 0.25) is 11.8 Å². The van der Waals surface area contributed by atoms with Crippen LogP contribution < -0.4 is 5.32 Å². The average Bonchev–Trinajstić information content (AvgIpc) is 3.34. The third-order valence-electron chi connectivity index (χ3n) is 4.80. The molecular formula is C19H22N6O2S. The van der Waals surface area contributed by atoms with Crippen molar-refractivity contribution in [2.24, 2.45) is 0 Å². The zero-order chi connectivity index (χ0) is 19.3. The quantitative estimate of drug-likeness (QED) is 0.629. The van der Waals surface area contributed by atoms with Gasteiger partial charge >= 0.3 is 6.01 Å². The SMILES string of the molecule is Cc1nnc(SCC(=O)Nc2nnc(-c3ccccc3)o2)n1C1CCCCC1. The Balaban J connectivity index is 1.36. The fourth-order valence-electron chi connectivity index (χ4n) is 3.46. The summed E-state index contributed by atoms with van der Waals surface area (Å²) in [7, 11) is 0. The van der Waals surface area contributed by atoms with Crippen molar-refractivity contribution >= 4 is 23.7 Å². The van der Waals surface area contributed by atoms with Crippen LogP contribution in [0.15, 0.2) is 39.9 Å². The summed E-state index contributed by atoms with van der Waals surface area (Å²) in [4.78, 5) is 12.3. The molecule has 146 valence electrons. The molecular weight excluding hydrogens is 376 g/mol. The van der Waals surface area contributed by atoms with E-state index in [1.54, 1.807) is 0 Å². The molecule has 1 aliphatic rings. The number of carbonyl (C=O) groups is 1. The summed E-state index contributed by atoms with van der Waals surface area (Å²) in [6, 6.07) is 9.95. The van der Waals surface area contributed by atoms with Crippen LogP contribution in [0.2, 0.25) is 0 Å². The monoisotopic (exact) mass is 398 g/mol. The Kier molecular flexibility index (Phi) is 5.70. The molecule has 2 aromatic heterocycles. The van der Waals surface area contributed by atoms with Crippen LogP contribution in [0.1, 0.15) is 44.0 Å². The number of hydrogen-bond donors (Lipinski definition) is 1. The van der Waals surface area contributed by atoms with E-state index < -0.39 is 0 Å². The highest BCUT2D eigenvalue weighted by molar-refractivity contribution is 7.99. The number of hydrogen-bond acceptors (Lipinski definition) is 7. The molecule has 0 saturated heterocycles. The van der Waals surface area contributed by atoms with Gasteiger partial charge in [-0.2, -0.15) is 0 Å². The Morgan fingerprint density at radius 1 is 1.14 bits per heavy atom. The molecule has 9 heteroatoms. The first-order valence-electron chi connectivity index (χ1n) is 9.44. The predicted octanol–water partition coefficient (Wildman–Crippen LogP) is 3.87. The predicted molar refractivity (Wildman–Crippen MR) is 106 cm³/mol. The van der Waals surface area contributed by atoms with Crippen molar-refractivity contribution < 1.29 is 9.21 Å². The average molecular weight is 398 g/mol. The van der Waals surface area contributed by atoms with Crippen LogP contribution >= 0.6 is 11.8 Å². The van der Waals surface area contributed by atoms with Gasteiger partial charge in [0.15, 0.2) is 5.16 Å². The van der Waals surface area contributed by atoms with E-state index in [1.165, 1.54) is 31.0 Å². The Bertz CT molecular complexity index is 933. The summed E-state index contributed by atoms with van der Waals surface area (Å²) in [6.07, 6.45) is 6.03. The lowest BCUT2D eigenvalue weighted by atomic mass is 9.95. The lowest BCUT2D eigenvalue weighted by Gasteiger charge is -2.24. The number of nitrogens with zero attached hydrogens (tertiary/aromatic N) is 5. The summed E-state index contributed by atoms with van der Waals surface area (Å²) in [5.41, 5.74) is 0.806. The molecule has 1 amide bonds. The number of carbonyl (C=O) groups excluding carboxylic acids is 1. The molecule has 1 N–H and O–H groups in total. The zero-order valence-corrected chi connectivity index (χ0v) is 16.5. The van der Waals surface area contributed by atoms with Crippen molar-refractivity contribution in [2.75, 3.05) is 11.1 Å². The Hall–Kier alpha value is -2.68. The summed E-state index contributed by atoms with van der Waals surface area (Å²) >= 11 is 1.38. The second kappa shape index (κ2) is 8.55. The molecule has 1 aliphatic carbocycles. The van der Waals surface area contributed by atoms with Crippen LogP contribution in [-0.2, 0) is 4.79 Å². The molecule has 28 heavy (non-hydrogen) atoms. The molecule has 0 atom stereocenters. The normalized spacial score (nSPS) is 14.9. The molecule has 3 aromatic rings. The van der Waals surface area contributed by atoms with E-state index in [9.17, 15) is 4.79 Å². The minimum atomic E-state index is -0.218. The third-order valence-corrected chi connectivity index (χ3v) is 5.74. The minimum absolute atomic E-state index is 0.0920.